The van der Waals surface area contributed by atoms with Crippen molar-refractivity contribution in [1.29, 1.82) is 0 Å². The second-order valence-electron chi connectivity index (χ2n) is 5.71. The van der Waals surface area contributed by atoms with Crippen LogP contribution in [0.4, 0.5) is 0 Å². The summed E-state index contributed by atoms with van der Waals surface area (Å²) in [5.74, 6) is -2.14. The molecule has 2 aromatic rings. The highest BCUT2D eigenvalue weighted by Gasteiger charge is 2.23. The van der Waals surface area contributed by atoms with E-state index in [2.05, 4.69) is 9.47 Å². The minimum Gasteiger partial charge on any atom is -0.465 e. The number of esters is 2. The average Bonchev–Trinajstić information content (AvgIpc) is 2.68. The van der Waals surface area contributed by atoms with Crippen LogP contribution in [0.3, 0.4) is 0 Å². The largest absolute Gasteiger partial charge is 0.465 e. The van der Waals surface area contributed by atoms with Gasteiger partial charge in [-0.2, -0.15) is 8.42 Å². The molecule has 0 aromatic heterocycles. The fourth-order valence-corrected chi connectivity index (χ4v) is 3.83. The molecule has 0 heterocycles. The Bertz CT molecular complexity index is 1030. The summed E-state index contributed by atoms with van der Waals surface area (Å²) in [6.45, 7) is 1.81. The second kappa shape index (κ2) is 9.30. The fourth-order valence-electron chi connectivity index (χ4n) is 2.19. The molecule has 10 heteroatoms. The molecule has 0 atom stereocenters. The first kappa shape index (κ1) is 22.7. The number of rotatable bonds is 6. The molecule has 154 valence electrons. The Morgan fingerprint density at radius 1 is 0.931 bits per heavy atom. The number of hydrogen-bond acceptors (Lipinski definition) is 7. The zero-order valence-electron chi connectivity index (χ0n) is 15.6. The van der Waals surface area contributed by atoms with Crippen LogP contribution in [0.15, 0.2) is 46.9 Å². The Morgan fingerprint density at radius 3 is 1.86 bits per heavy atom. The molecule has 0 unspecified atom stereocenters. The fraction of sp³-hybridized carbons (Fsp3) is 0.158. The minimum atomic E-state index is -4.18. The van der Waals surface area contributed by atoms with Crippen molar-refractivity contribution >= 4 is 51.3 Å². The van der Waals surface area contributed by atoms with Crippen LogP contribution >= 0.6 is 23.2 Å². The molecular formula is C19H16Cl2O7S. The molecule has 7 nitrogen and oxygen atoms in total. The van der Waals surface area contributed by atoms with Gasteiger partial charge in [-0.3, -0.25) is 0 Å². The molecule has 0 saturated heterocycles. The number of benzene rings is 2. The summed E-state index contributed by atoms with van der Waals surface area (Å²) in [5, 5.41) is -0.290. The summed E-state index contributed by atoms with van der Waals surface area (Å²) in [7, 11) is -1.97. The lowest BCUT2D eigenvalue weighted by molar-refractivity contribution is -0.143. The van der Waals surface area contributed by atoms with Crippen LogP contribution < -0.4 is 4.18 Å². The van der Waals surface area contributed by atoms with Gasteiger partial charge in [-0.1, -0.05) is 40.9 Å². The van der Waals surface area contributed by atoms with Gasteiger partial charge in [-0.15, -0.1) is 0 Å². The Kier molecular flexibility index (Phi) is 7.29. The van der Waals surface area contributed by atoms with Crippen LogP contribution in [0.2, 0.25) is 10.0 Å². The van der Waals surface area contributed by atoms with Gasteiger partial charge in [0, 0.05) is 0 Å². The van der Waals surface area contributed by atoms with Gasteiger partial charge < -0.3 is 13.7 Å². The highest BCUT2D eigenvalue weighted by Crippen LogP contribution is 2.37. The van der Waals surface area contributed by atoms with E-state index in [4.69, 9.17) is 27.4 Å². The van der Waals surface area contributed by atoms with Gasteiger partial charge in [-0.25, -0.2) is 9.59 Å². The smallest absolute Gasteiger partial charge is 0.345 e. The van der Waals surface area contributed by atoms with Crippen LogP contribution in [0.5, 0.6) is 5.75 Å². The first-order valence-corrected chi connectivity index (χ1v) is 10.1. The van der Waals surface area contributed by atoms with E-state index in [0.29, 0.717) is 0 Å². The quantitative estimate of drug-likeness (QED) is 0.213. The number of hydrogen-bond donors (Lipinski definition) is 0. The lowest BCUT2D eigenvalue weighted by Crippen LogP contribution is -2.15. The molecule has 29 heavy (non-hydrogen) atoms. The highest BCUT2D eigenvalue weighted by atomic mass is 35.5. The Labute approximate surface area is 177 Å². The van der Waals surface area contributed by atoms with Crippen molar-refractivity contribution in [1.82, 2.24) is 0 Å². The summed E-state index contributed by atoms with van der Waals surface area (Å²) in [6, 6.07) is 8.58. The van der Waals surface area contributed by atoms with Gasteiger partial charge in [-0.05, 0) is 42.8 Å². The number of carbonyl (C=O) groups is 2. The third-order valence-electron chi connectivity index (χ3n) is 3.64. The lowest BCUT2D eigenvalue weighted by atomic mass is 10.1. The van der Waals surface area contributed by atoms with E-state index in [-0.39, 0.29) is 26.3 Å². The van der Waals surface area contributed by atoms with E-state index in [1.807, 2.05) is 6.92 Å². The standard InChI is InChI=1S/C19H16Cl2O7S/c1-11-4-6-13(7-5-11)29(24,25)28-17-15(20)9-12(10-16(17)21)8-14(18(22)26-2)19(23)27-3/h4-10H,1-3H3. The Morgan fingerprint density at radius 2 is 1.41 bits per heavy atom. The van der Waals surface area contributed by atoms with Crippen molar-refractivity contribution in [2.24, 2.45) is 0 Å². The van der Waals surface area contributed by atoms with Crippen LogP contribution in [-0.4, -0.2) is 34.6 Å². The van der Waals surface area contributed by atoms with Crippen LogP contribution in [0.1, 0.15) is 11.1 Å². The van der Waals surface area contributed by atoms with Gasteiger partial charge >= 0.3 is 22.1 Å². The zero-order valence-corrected chi connectivity index (χ0v) is 17.9. The molecule has 0 aliphatic heterocycles. The summed E-state index contributed by atoms with van der Waals surface area (Å²) < 4.78 is 39.1. The molecule has 0 radical (unpaired) electrons. The van der Waals surface area contributed by atoms with Crippen molar-refractivity contribution < 1.29 is 31.7 Å². The first-order valence-electron chi connectivity index (χ1n) is 7.97. The predicted molar refractivity (Wildman–Crippen MR) is 107 cm³/mol. The van der Waals surface area contributed by atoms with Crippen molar-refractivity contribution in [3.05, 3.63) is 63.1 Å². The number of halogens is 2. The van der Waals surface area contributed by atoms with Crippen molar-refractivity contribution in [3.8, 4) is 5.75 Å². The number of ether oxygens (including phenoxy) is 2. The van der Waals surface area contributed by atoms with E-state index < -0.39 is 27.6 Å². The molecule has 0 saturated carbocycles. The van der Waals surface area contributed by atoms with E-state index in [9.17, 15) is 18.0 Å². The lowest BCUT2D eigenvalue weighted by Gasteiger charge is -2.11. The van der Waals surface area contributed by atoms with E-state index in [0.717, 1.165) is 25.9 Å². The molecule has 0 amide bonds. The number of aryl methyl sites for hydroxylation is 1. The van der Waals surface area contributed by atoms with Crippen molar-refractivity contribution in [2.45, 2.75) is 11.8 Å². The summed E-state index contributed by atoms with van der Waals surface area (Å²) in [4.78, 5) is 23.4. The maximum absolute atomic E-state index is 12.5. The molecule has 2 rings (SSSR count). The normalized spacial score (nSPS) is 10.8. The summed E-state index contributed by atoms with van der Waals surface area (Å²) in [5.41, 5.74) is 0.706. The number of carbonyl (C=O) groups excluding carboxylic acids is 2. The maximum Gasteiger partial charge on any atom is 0.345 e. The third-order valence-corrected chi connectivity index (χ3v) is 5.44. The molecule has 0 fully saturated rings. The maximum atomic E-state index is 12.5. The summed E-state index contributed by atoms with van der Waals surface area (Å²) in [6.07, 6.45) is 1.15. The van der Waals surface area contributed by atoms with Crippen molar-refractivity contribution in [3.63, 3.8) is 0 Å². The zero-order chi connectivity index (χ0) is 21.8. The molecule has 0 bridgehead atoms. The minimum absolute atomic E-state index is 0.0714. The highest BCUT2D eigenvalue weighted by molar-refractivity contribution is 7.87. The van der Waals surface area contributed by atoms with E-state index in [1.165, 1.54) is 24.3 Å². The third kappa shape index (κ3) is 5.50. The van der Waals surface area contributed by atoms with Gasteiger partial charge in [0.15, 0.2) is 5.75 Å². The van der Waals surface area contributed by atoms with Gasteiger partial charge in [0.1, 0.15) is 10.5 Å². The van der Waals surface area contributed by atoms with Crippen LogP contribution in [-0.2, 0) is 29.2 Å². The van der Waals surface area contributed by atoms with Gasteiger partial charge in [0.25, 0.3) is 0 Å². The SMILES string of the molecule is COC(=O)C(=Cc1cc(Cl)c(OS(=O)(=O)c2ccc(C)cc2)c(Cl)c1)C(=O)OC. The second-order valence-corrected chi connectivity index (χ2v) is 8.07. The Hall–Kier alpha value is -2.55. The Balaban J connectivity index is 2.43. The van der Waals surface area contributed by atoms with Crippen LogP contribution in [0.25, 0.3) is 6.08 Å². The number of methoxy groups -OCH3 is 2. The topological polar surface area (TPSA) is 96.0 Å². The van der Waals surface area contributed by atoms with E-state index in [1.54, 1.807) is 12.1 Å². The van der Waals surface area contributed by atoms with Gasteiger partial charge in [0.2, 0.25) is 0 Å². The molecule has 0 N–H and O–H groups in total. The average molecular weight is 459 g/mol. The summed E-state index contributed by atoms with van der Waals surface area (Å²) >= 11 is 12.3. The molecule has 0 spiro atoms. The first-order chi connectivity index (χ1) is 13.6. The molecular weight excluding hydrogens is 443 g/mol. The van der Waals surface area contributed by atoms with E-state index >= 15 is 0 Å². The molecule has 0 aliphatic carbocycles. The van der Waals surface area contributed by atoms with Crippen LogP contribution in [0, 0.1) is 6.92 Å². The molecule has 2 aromatic carbocycles. The predicted octanol–water partition coefficient (Wildman–Crippen LogP) is 3.80. The van der Waals surface area contributed by atoms with Crippen molar-refractivity contribution in [2.75, 3.05) is 14.2 Å². The van der Waals surface area contributed by atoms with Gasteiger partial charge in [0.05, 0.1) is 24.3 Å². The monoisotopic (exact) mass is 458 g/mol. The molecule has 0 aliphatic rings.